The second kappa shape index (κ2) is 8.33. The number of nitrogen functional groups attached to an aromatic ring is 1. The van der Waals surface area contributed by atoms with Crippen LogP contribution in [0.2, 0.25) is 0 Å². The Morgan fingerprint density at radius 3 is 2.58 bits per heavy atom. The average molecular weight is 467 g/mol. The van der Waals surface area contributed by atoms with E-state index < -0.39 is 26.6 Å². The highest BCUT2D eigenvalue weighted by Gasteiger charge is 2.22. The lowest BCUT2D eigenvalue weighted by atomic mass is 10.0. The largest absolute Gasteiger partial charge is 0.480 e. The molecule has 2 heterocycles. The third kappa shape index (κ3) is 4.24. The smallest absolute Gasteiger partial charge is 0.264 e. The van der Waals surface area contributed by atoms with Crippen LogP contribution in [-0.4, -0.2) is 25.5 Å². The van der Waals surface area contributed by atoms with Crippen LogP contribution >= 0.6 is 0 Å². The highest BCUT2D eigenvalue weighted by Crippen LogP contribution is 2.32. The summed E-state index contributed by atoms with van der Waals surface area (Å²) < 4.78 is 60.1. The average Bonchev–Trinajstić information content (AvgIpc) is 2.77. The van der Waals surface area contributed by atoms with Crippen molar-refractivity contribution in [3.63, 3.8) is 0 Å². The van der Waals surface area contributed by atoms with Gasteiger partial charge in [-0.05, 0) is 42.0 Å². The third-order valence-corrected chi connectivity index (χ3v) is 6.17. The molecule has 0 bridgehead atoms. The zero-order chi connectivity index (χ0) is 23.8. The quantitative estimate of drug-likeness (QED) is 0.456. The van der Waals surface area contributed by atoms with E-state index in [9.17, 15) is 22.5 Å². The number of hydrogen-bond acceptors (Lipinski definition) is 7. The maximum atomic E-state index is 14.1. The Balaban J connectivity index is 1.77. The zero-order valence-corrected chi connectivity index (χ0v) is 17.8. The normalized spacial score (nSPS) is 11.2. The molecule has 4 rings (SSSR count). The third-order valence-electron chi connectivity index (χ3n) is 4.77. The number of hydrogen-bond donors (Lipinski definition) is 2. The van der Waals surface area contributed by atoms with Gasteiger partial charge < -0.3 is 10.5 Å². The molecule has 2 aromatic carbocycles. The van der Waals surface area contributed by atoms with E-state index in [1.165, 1.54) is 19.4 Å². The van der Waals surface area contributed by atoms with E-state index in [0.29, 0.717) is 28.1 Å². The molecule has 3 N–H and O–H groups in total. The molecule has 33 heavy (non-hydrogen) atoms. The lowest BCUT2D eigenvalue weighted by molar-refractivity contribution is 0.400. The van der Waals surface area contributed by atoms with Gasteiger partial charge in [-0.2, -0.15) is 5.26 Å². The zero-order valence-electron chi connectivity index (χ0n) is 17.0. The van der Waals surface area contributed by atoms with Crippen LogP contribution in [-0.2, 0) is 10.0 Å². The van der Waals surface area contributed by atoms with Gasteiger partial charge in [-0.25, -0.2) is 27.2 Å². The Morgan fingerprint density at radius 2 is 1.88 bits per heavy atom. The molecule has 166 valence electrons. The number of ether oxygens (including phenoxy) is 1. The second-order valence-corrected chi connectivity index (χ2v) is 8.55. The van der Waals surface area contributed by atoms with Gasteiger partial charge in [-0.15, -0.1) is 0 Å². The Morgan fingerprint density at radius 1 is 1.09 bits per heavy atom. The predicted octanol–water partition coefficient (Wildman–Crippen LogP) is 3.84. The van der Waals surface area contributed by atoms with Gasteiger partial charge in [-0.3, -0.25) is 4.72 Å². The minimum absolute atomic E-state index is 0.0491. The molecule has 0 saturated heterocycles. The summed E-state index contributed by atoms with van der Waals surface area (Å²) in [5.74, 6) is -2.07. The first kappa shape index (κ1) is 21.9. The van der Waals surface area contributed by atoms with Gasteiger partial charge in [-0.1, -0.05) is 6.07 Å². The van der Waals surface area contributed by atoms with Crippen molar-refractivity contribution in [1.29, 1.82) is 5.26 Å². The van der Waals surface area contributed by atoms with Gasteiger partial charge in [0.05, 0.1) is 18.2 Å². The molecule has 11 heteroatoms. The molecule has 8 nitrogen and oxygen atoms in total. The second-order valence-electron chi connectivity index (χ2n) is 6.90. The van der Waals surface area contributed by atoms with Crippen molar-refractivity contribution in [1.82, 2.24) is 9.97 Å². The number of benzene rings is 2. The minimum Gasteiger partial charge on any atom is -0.480 e. The number of methoxy groups -OCH3 is 1. The van der Waals surface area contributed by atoms with E-state index in [-0.39, 0.29) is 22.9 Å². The number of rotatable bonds is 5. The van der Waals surface area contributed by atoms with E-state index in [1.54, 1.807) is 24.3 Å². The number of nitrogens with one attached hydrogen (secondary N) is 1. The molecule has 0 atom stereocenters. The van der Waals surface area contributed by atoms with Gasteiger partial charge in [0.15, 0.2) is 0 Å². The monoisotopic (exact) mass is 467 g/mol. The van der Waals surface area contributed by atoms with Crippen molar-refractivity contribution < 1.29 is 21.9 Å². The molecule has 0 aliphatic heterocycles. The SMILES string of the molecule is COc1ncc(-c2ccc3nc(N)c(C#N)cc3c2)cc1NS(=O)(=O)c1ccc(F)cc1F. The molecular formula is C22H15F2N5O3S. The first-order valence-electron chi connectivity index (χ1n) is 9.34. The molecule has 0 amide bonds. The first-order chi connectivity index (χ1) is 15.7. The summed E-state index contributed by atoms with van der Waals surface area (Å²) in [6.45, 7) is 0. The maximum Gasteiger partial charge on any atom is 0.264 e. The number of nitrogens with zero attached hydrogens (tertiary/aromatic N) is 3. The standard InChI is InChI=1S/C22H15F2N5O3S/c1-32-22-19(29-33(30,31)20-5-3-16(23)9-17(20)24)8-15(11-27-22)12-2-4-18-13(6-12)7-14(10-25)21(26)28-18/h2-9,11,29H,1H3,(H2,26,28). The number of nitriles is 1. The molecule has 0 saturated carbocycles. The highest BCUT2D eigenvalue weighted by molar-refractivity contribution is 7.92. The van der Waals surface area contributed by atoms with Crippen LogP contribution in [0.1, 0.15) is 5.56 Å². The fourth-order valence-electron chi connectivity index (χ4n) is 3.20. The topological polar surface area (TPSA) is 131 Å². The summed E-state index contributed by atoms with van der Waals surface area (Å²) in [5, 5.41) is 9.83. The van der Waals surface area contributed by atoms with Gasteiger partial charge in [0.25, 0.3) is 10.0 Å². The Labute approximate surface area is 187 Å². The first-order valence-corrected chi connectivity index (χ1v) is 10.8. The fourth-order valence-corrected chi connectivity index (χ4v) is 4.31. The Bertz CT molecular complexity index is 1550. The summed E-state index contributed by atoms with van der Waals surface area (Å²) in [6, 6.07) is 12.3. The van der Waals surface area contributed by atoms with Crippen LogP contribution in [0.15, 0.2) is 59.6 Å². The van der Waals surface area contributed by atoms with Gasteiger partial charge in [0.1, 0.15) is 34.1 Å². The predicted molar refractivity (Wildman–Crippen MR) is 118 cm³/mol. The van der Waals surface area contributed by atoms with Crippen LogP contribution in [0.25, 0.3) is 22.0 Å². The lowest BCUT2D eigenvalue weighted by Crippen LogP contribution is -2.15. The number of nitrogens with two attached hydrogens (primary N) is 1. The van der Waals surface area contributed by atoms with Gasteiger partial charge >= 0.3 is 0 Å². The number of pyridine rings is 2. The molecule has 2 aromatic heterocycles. The van der Waals surface area contributed by atoms with Crippen molar-refractivity contribution in [3.8, 4) is 23.1 Å². The minimum atomic E-state index is -4.41. The number of sulfonamides is 1. The van der Waals surface area contributed by atoms with E-state index >= 15 is 0 Å². The molecule has 0 radical (unpaired) electrons. The number of anilines is 2. The van der Waals surface area contributed by atoms with Gasteiger partial charge in [0.2, 0.25) is 5.88 Å². The Hall–Kier alpha value is -4.30. The van der Waals surface area contributed by atoms with Crippen LogP contribution in [0, 0.1) is 23.0 Å². The van der Waals surface area contributed by atoms with Crippen molar-refractivity contribution >= 4 is 32.4 Å². The molecule has 0 fully saturated rings. The van der Waals surface area contributed by atoms with Crippen molar-refractivity contribution in [3.05, 3.63) is 71.9 Å². The number of fused-ring (bicyclic) bond motifs is 1. The molecule has 0 aliphatic rings. The fraction of sp³-hybridized carbons (Fsp3) is 0.0455. The molecule has 0 aliphatic carbocycles. The molecular weight excluding hydrogens is 452 g/mol. The summed E-state index contributed by atoms with van der Waals surface area (Å²) in [5.41, 5.74) is 7.65. The molecule has 0 unspecified atom stereocenters. The van der Waals surface area contributed by atoms with E-state index in [2.05, 4.69) is 14.7 Å². The summed E-state index contributed by atoms with van der Waals surface area (Å²) in [4.78, 5) is 7.59. The van der Waals surface area contributed by atoms with Crippen molar-refractivity contribution in [2.45, 2.75) is 4.90 Å². The van der Waals surface area contributed by atoms with Crippen LogP contribution in [0.5, 0.6) is 5.88 Å². The van der Waals surface area contributed by atoms with E-state index in [0.717, 1.165) is 12.1 Å². The number of aromatic nitrogens is 2. The lowest BCUT2D eigenvalue weighted by Gasteiger charge is -2.13. The summed E-state index contributed by atoms with van der Waals surface area (Å²) >= 11 is 0. The molecule has 4 aromatic rings. The Kier molecular flexibility index (Phi) is 5.53. The van der Waals surface area contributed by atoms with Gasteiger partial charge in [0, 0.05) is 23.2 Å². The van der Waals surface area contributed by atoms with E-state index in [1.807, 2.05) is 6.07 Å². The highest BCUT2D eigenvalue weighted by atomic mass is 32.2. The van der Waals surface area contributed by atoms with E-state index in [4.69, 9.17) is 10.5 Å². The summed E-state index contributed by atoms with van der Waals surface area (Å²) in [7, 11) is -3.11. The van der Waals surface area contributed by atoms with Crippen molar-refractivity contribution in [2.75, 3.05) is 17.6 Å². The maximum absolute atomic E-state index is 14.1. The molecule has 0 spiro atoms. The van der Waals surface area contributed by atoms with Crippen LogP contribution in [0.4, 0.5) is 20.3 Å². The van der Waals surface area contributed by atoms with Crippen molar-refractivity contribution in [2.24, 2.45) is 0 Å². The van der Waals surface area contributed by atoms with Crippen LogP contribution < -0.4 is 15.2 Å². The number of halogens is 2. The summed E-state index contributed by atoms with van der Waals surface area (Å²) in [6.07, 6.45) is 1.46. The van der Waals surface area contributed by atoms with Crippen LogP contribution in [0.3, 0.4) is 0 Å².